The van der Waals surface area contributed by atoms with E-state index in [4.69, 9.17) is 0 Å². The van der Waals surface area contributed by atoms with E-state index in [1.165, 1.54) is 0 Å². The van der Waals surface area contributed by atoms with Crippen LogP contribution in [0.5, 0.6) is 0 Å². The van der Waals surface area contributed by atoms with E-state index in [1.54, 1.807) is 17.9 Å². The van der Waals surface area contributed by atoms with Crippen molar-refractivity contribution in [1.82, 2.24) is 20.0 Å². The highest BCUT2D eigenvalue weighted by atomic mass is 79.9. The summed E-state index contributed by atoms with van der Waals surface area (Å²) in [4.78, 5) is 4.22. The maximum absolute atomic E-state index is 4.22. The van der Waals surface area contributed by atoms with Gasteiger partial charge >= 0.3 is 0 Å². The minimum atomic E-state index is 0.722. The van der Waals surface area contributed by atoms with Crippen LogP contribution in [0.25, 0.3) is 11.4 Å². The highest BCUT2D eigenvalue weighted by Gasteiger charge is 2.08. The van der Waals surface area contributed by atoms with Gasteiger partial charge in [-0.05, 0) is 35.0 Å². The number of rotatable bonds is 1. The van der Waals surface area contributed by atoms with Crippen molar-refractivity contribution in [3.05, 3.63) is 35.4 Å². The zero-order chi connectivity index (χ0) is 10.1. The van der Waals surface area contributed by atoms with E-state index >= 15 is 0 Å². The number of nitrogens with zero attached hydrogens (tertiary/aromatic N) is 4. The van der Waals surface area contributed by atoms with Crippen LogP contribution >= 0.6 is 15.9 Å². The molecular formula is C9H8BrN4. The fraction of sp³-hybridized carbons (Fsp3) is 0.111. The Kier molecular flexibility index (Phi) is 2.33. The first kappa shape index (κ1) is 9.33. The number of pyridine rings is 1. The summed E-state index contributed by atoms with van der Waals surface area (Å²) >= 11 is 3.32. The molecule has 0 aliphatic rings. The molecule has 0 amide bonds. The lowest BCUT2D eigenvalue weighted by Gasteiger charge is -1.97. The summed E-state index contributed by atoms with van der Waals surface area (Å²) in [6.45, 7) is 3.87. The predicted octanol–water partition coefficient (Wildman–Crippen LogP) is 1.82. The molecule has 2 aromatic rings. The Morgan fingerprint density at radius 1 is 1.43 bits per heavy atom. The lowest BCUT2D eigenvalue weighted by Crippen LogP contribution is -1.93. The molecule has 0 bridgehead atoms. The Morgan fingerprint density at radius 2 is 2.21 bits per heavy atom. The van der Waals surface area contributed by atoms with Crippen molar-refractivity contribution in [3.63, 3.8) is 0 Å². The molecule has 0 saturated heterocycles. The quantitative estimate of drug-likeness (QED) is 0.777. The van der Waals surface area contributed by atoms with Crippen molar-refractivity contribution >= 4 is 15.9 Å². The minimum absolute atomic E-state index is 0.722. The molecule has 2 aromatic heterocycles. The Balaban J connectivity index is 2.49. The van der Waals surface area contributed by atoms with Gasteiger partial charge in [0.15, 0.2) is 0 Å². The van der Waals surface area contributed by atoms with Gasteiger partial charge in [-0.2, -0.15) is 0 Å². The molecule has 0 aliphatic carbocycles. The van der Waals surface area contributed by atoms with E-state index in [0.29, 0.717) is 0 Å². The van der Waals surface area contributed by atoms with Crippen LogP contribution in [0.15, 0.2) is 22.8 Å². The summed E-state index contributed by atoms with van der Waals surface area (Å²) in [6.07, 6.45) is 1.73. The maximum atomic E-state index is 4.22. The summed E-state index contributed by atoms with van der Waals surface area (Å²) in [5.41, 5.74) is 2.27. The van der Waals surface area contributed by atoms with Crippen LogP contribution in [0.1, 0.15) is 5.69 Å². The van der Waals surface area contributed by atoms with Crippen molar-refractivity contribution < 1.29 is 0 Å². The van der Waals surface area contributed by atoms with Crippen LogP contribution in [-0.2, 0) is 7.05 Å². The number of aromatic nitrogens is 4. The first-order valence-corrected chi connectivity index (χ1v) is 4.81. The number of halogens is 1. The minimum Gasteiger partial charge on any atom is -0.253 e. The summed E-state index contributed by atoms with van der Waals surface area (Å²) in [6, 6.07) is 3.79. The van der Waals surface area contributed by atoms with Crippen LogP contribution in [0.3, 0.4) is 0 Å². The summed E-state index contributed by atoms with van der Waals surface area (Å²) in [5.74, 6) is 0. The predicted molar refractivity (Wildman–Crippen MR) is 56.4 cm³/mol. The lowest BCUT2D eigenvalue weighted by molar-refractivity contribution is 0.705. The molecule has 5 heteroatoms. The molecule has 0 spiro atoms. The molecule has 14 heavy (non-hydrogen) atoms. The van der Waals surface area contributed by atoms with Crippen molar-refractivity contribution in [2.75, 3.05) is 0 Å². The van der Waals surface area contributed by atoms with Crippen molar-refractivity contribution in [2.24, 2.45) is 7.05 Å². The maximum Gasteiger partial charge on any atom is 0.134 e. The topological polar surface area (TPSA) is 43.6 Å². The normalized spacial score (nSPS) is 10.5. The molecule has 0 aromatic carbocycles. The standard InChI is InChI=1S/C9H8BrN4/c1-6-9(12-13-14(6)2)8-4-3-7(10)5-11-8/h3-5H,1H2,2H3. The third-order valence-electron chi connectivity index (χ3n) is 1.91. The summed E-state index contributed by atoms with van der Waals surface area (Å²) < 4.78 is 2.56. The van der Waals surface area contributed by atoms with Gasteiger partial charge in [-0.1, -0.05) is 5.21 Å². The first-order valence-electron chi connectivity index (χ1n) is 4.02. The fourth-order valence-corrected chi connectivity index (χ4v) is 1.33. The Labute approximate surface area is 90.1 Å². The van der Waals surface area contributed by atoms with E-state index in [2.05, 4.69) is 38.1 Å². The monoisotopic (exact) mass is 251 g/mol. The zero-order valence-electron chi connectivity index (χ0n) is 7.61. The second kappa shape index (κ2) is 3.49. The average molecular weight is 252 g/mol. The van der Waals surface area contributed by atoms with Crippen LogP contribution < -0.4 is 0 Å². The molecule has 0 fully saturated rings. The van der Waals surface area contributed by atoms with Gasteiger partial charge in [0.2, 0.25) is 0 Å². The van der Waals surface area contributed by atoms with Crippen LogP contribution in [0.4, 0.5) is 0 Å². The molecule has 71 valence electrons. The largest absolute Gasteiger partial charge is 0.253 e. The van der Waals surface area contributed by atoms with Crippen molar-refractivity contribution in [2.45, 2.75) is 0 Å². The second-order valence-electron chi connectivity index (χ2n) is 2.87. The molecule has 0 atom stereocenters. The molecule has 0 saturated carbocycles. The van der Waals surface area contributed by atoms with Crippen molar-refractivity contribution in [3.8, 4) is 11.4 Å². The molecule has 2 heterocycles. The molecular weight excluding hydrogens is 244 g/mol. The van der Waals surface area contributed by atoms with Gasteiger partial charge in [-0.3, -0.25) is 9.67 Å². The first-order chi connectivity index (χ1) is 6.68. The van der Waals surface area contributed by atoms with E-state index in [1.807, 2.05) is 12.1 Å². The fourth-order valence-electron chi connectivity index (χ4n) is 1.09. The molecule has 0 unspecified atom stereocenters. The van der Waals surface area contributed by atoms with Crippen LogP contribution in [0, 0.1) is 6.92 Å². The molecule has 1 radical (unpaired) electrons. The second-order valence-corrected chi connectivity index (χ2v) is 3.79. The zero-order valence-corrected chi connectivity index (χ0v) is 9.19. The van der Waals surface area contributed by atoms with E-state index in [9.17, 15) is 0 Å². The molecule has 4 nitrogen and oxygen atoms in total. The van der Waals surface area contributed by atoms with E-state index in [-0.39, 0.29) is 0 Å². The summed E-state index contributed by atoms with van der Waals surface area (Å²) in [5, 5.41) is 7.86. The van der Waals surface area contributed by atoms with E-state index in [0.717, 1.165) is 21.6 Å². The van der Waals surface area contributed by atoms with Gasteiger partial charge in [0.05, 0.1) is 11.4 Å². The third kappa shape index (κ3) is 1.55. The highest BCUT2D eigenvalue weighted by molar-refractivity contribution is 9.10. The SMILES string of the molecule is [CH2]c1c(-c2ccc(Br)cn2)nnn1C. The Bertz CT molecular complexity index is 446. The number of hydrogen-bond acceptors (Lipinski definition) is 3. The highest BCUT2D eigenvalue weighted by Crippen LogP contribution is 2.18. The third-order valence-corrected chi connectivity index (χ3v) is 2.38. The number of hydrogen-bond donors (Lipinski definition) is 0. The van der Waals surface area contributed by atoms with Crippen LogP contribution in [-0.4, -0.2) is 20.0 Å². The van der Waals surface area contributed by atoms with Gasteiger partial charge < -0.3 is 0 Å². The van der Waals surface area contributed by atoms with Gasteiger partial charge in [0.1, 0.15) is 5.69 Å². The Morgan fingerprint density at radius 3 is 2.71 bits per heavy atom. The smallest absolute Gasteiger partial charge is 0.134 e. The van der Waals surface area contributed by atoms with Gasteiger partial charge in [0, 0.05) is 17.7 Å². The Hall–Kier alpha value is -1.23. The lowest BCUT2D eigenvalue weighted by atomic mass is 10.2. The summed E-state index contributed by atoms with van der Waals surface area (Å²) in [7, 11) is 1.80. The molecule has 0 N–H and O–H groups in total. The van der Waals surface area contributed by atoms with Crippen LogP contribution in [0.2, 0.25) is 0 Å². The molecule has 2 rings (SSSR count). The van der Waals surface area contributed by atoms with Gasteiger partial charge in [0.25, 0.3) is 0 Å². The number of aryl methyl sites for hydroxylation is 1. The van der Waals surface area contributed by atoms with Gasteiger partial charge in [-0.15, -0.1) is 5.10 Å². The average Bonchev–Trinajstić information content (AvgIpc) is 2.50. The van der Waals surface area contributed by atoms with Crippen molar-refractivity contribution in [1.29, 1.82) is 0 Å². The van der Waals surface area contributed by atoms with Gasteiger partial charge in [-0.25, -0.2) is 0 Å². The molecule has 0 aliphatic heterocycles. The van der Waals surface area contributed by atoms with E-state index < -0.39 is 0 Å².